The number of alkyl halides is 3. The van der Waals surface area contributed by atoms with Gasteiger partial charge in [0.15, 0.2) is 0 Å². The molecule has 3 heterocycles. The van der Waals surface area contributed by atoms with Crippen LogP contribution in [0.5, 0.6) is 0 Å². The molecule has 15 heteroatoms. The molecule has 2 amide bonds. The molecule has 0 spiro atoms. The van der Waals surface area contributed by atoms with Crippen molar-refractivity contribution in [2.24, 2.45) is 5.84 Å². The second-order valence-corrected chi connectivity index (χ2v) is 10.6. The second kappa shape index (κ2) is 12.1. The Morgan fingerprint density at radius 1 is 1.05 bits per heavy atom. The lowest BCUT2D eigenvalue weighted by atomic mass is 9.94. The van der Waals surface area contributed by atoms with Gasteiger partial charge in [0.1, 0.15) is 29.7 Å². The fourth-order valence-corrected chi connectivity index (χ4v) is 5.97. The van der Waals surface area contributed by atoms with E-state index in [1.165, 1.54) is 36.2 Å². The number of rotatable bonds is 8. The van der Waals surface area contributed by atoms with Gasteiger partial charge in [-0.3, -0.25) is 24.7 Å². The number of nitrogens with two attached hydrogens (primary N) is 1. The number of hydrogen-bond acceptors (Lipinski definition) is 6. The van der Waals surface area contributed by atoms with Crippen molar-refractivity contribution in [1.29, 1.82) is 0 Å². The van der Waals surface area contributed by atoms with E-state index < -0.39 is 53.7 Å². The number of thioether (sulfide) groups is 1. The Bertz CT molecular complexity index is 1690. The molecule has 0 aliphatic carbocycles. The van der Waals surface area contributed by atoms with Crippen LogP contribution in [0.25, 0.3) is 11.1 Å². The number of benzene rings is 2. The number of carbonyl (C=O) groups excluding carboxylic acids is 2. The van der Waals surface area contributed by atoms with Gasteiger partial charge in [0, 0.05) is 34.9 Å². The number of nitrogens with one attached hydrogen (secondary N) is 2. The molecule has 2 aromatic carbocycles. The second-order valence-electron chi connectivity index (χ2n) is 9.63. The smallest absolute Gasteiger partial charge is 0.346 e. The zero-order valence-corrected chi connectivity index (χ0v) is 22.8. The van der Waals surface area contributed by atoms with E-state index in [-0.39, 0.29) is 51.6 Å². The molecule has 0 saturated carbocycles. The zero-order valence-electron chi connectivity index (χ0n) is 22.0. The lowest BCUT2D eigenvalue weighted by Gasteiger charge is -2.22. The van der Waals surface area contributed by atoms with Gasteiger partial charge in [0.05, 0.1) is 23.0 Å². The van der Waals surface area contributed by atoms with Crippen LogP contribution in [0.15, 0.2) is 54.7 Å². The first kappa shape index (κ1) is 30.1. The lowest BCUT2D eigenvalue weighted by molar-refractivity contribution is -0.145. The van der Waals surface area contributed by atoms with Crippen LogP contribution in [-0.2, 0) is 35.4 Å². The fourth-order valence-electron chi connectivity index (χ4n) is 4.94. The van der Waals surface area contributed by atoms with E-state index in [0.29, 0.717) is 16.3 Å². The molecule has 0 fully saturated rings. The Hall–Kier alpha value is -4.37. The number of nitrogens with zero attached hydrogens (tertiary/aromatic N) is 3. The summed E-state index contributed by atoms with van der Waals surface area (Å²) < 4.78 is 84.8. The van der Waals surface area contributed by atoms with Crippen LogP contribution in [0, 0.1) is 17.5 Å². The third-order valence-electron chi connectivity index (χ3n) is 6.70. The summed E-state index contributed by atoms with van der Waals surface area (Å²) >= 11 is 1.28. The molecule has 0 saturated heterocycles. The van der Waals surface area contributed by atoms with Gasteiger partial charge in [-0.25, -0.2) is 19.0 Å². The van der Waals surface area contributed by atoms with Gasteiger partial charge in [0.25, 0.3) is 5.91 Å². The maximum Gasteiger partial charge on any atom is 0.433 e. The summed E-state index contributed by atoms with van der Waals surface area (Å²) in [7, 11) is 0. The van der Waals surface area contributed by atoms with Gasteiger partial charge in [-0.2, -0.15) is 30.0 Å². The van der Waals surface area contributed by atoms with Gasteiger partial charge in [-0.05, 0) is 47.9 Å². The number of halogens is 6. The van der Waals surface area contributed by atoms with Crippen molar-refractivity contribution in [3.63, 3.8) is 0 Å². The standard InChI is InChI=1S/C28H22F6N6O2S/c29-16-6-14(7-17(30)10-16)8-22(37-24(41)11-40-26(28(32,33)34)20-12-43-13-23(20)39-40)25-18(2-1-5-36-25)15-3-4-21(31)19(9-15)27(42)38-35/h1-7,9-10,22H,8,11-13,35H2,(H,37,41)(H,38,42)/t22-/m0/s1. The van der Waals surface area contributed by atoms with E-state index >= 15 is 0 Å². The van der Waals surface area contributed by atoms with Crippen LogP contribution in [0.1, 0.15) is 44.6 Å². The van der Waals surface area contributed by atoms with E-state index in [9.17, 15) is 35.9 Å². The number of hydrazine groups is 1. The number of aromatic nitrogens is 3. The molecule has 8 nitrogen and oxygen atoms in total. The number of hydrogen-bond donors (Lipinski definition) is 3. The molecular formula is C28H22F6N6O2S. The van der Waals surface area contributed by atoms with Crippen molar-refractivity contribution in [1.82, 2.24) is 25.5 Å². The van der Waals surface area contributed by atoms with Gasteiger partial charge >= 0.3 is 6.18 Å². The molecule has 5 rings (SSSR count). The highest BCUT2D eigenvalue weighted by Crippen LogP contribution is 2.40. The summed E-state index contributed by atoms with van der Waals surface area (Å²) in [6.45, 7) is -0.792. The van der Waals surface area contributed by atoms with Crippen LogP contribution < -0.4 is 16.6 Å². The number of fused-ring (bicyclic) bond motifs is 1. The minimum atomic E-state index is -4.76. The average Bonchev–Trinajstić information content (AvgIpc) is 3.52. The number of carbonyl (C=O) groups is 2. The van der Waals surface area contributed by atoms with Crippen molar-refractivity contribution < 1.29 is 35.9 Å². The van der Waals surface area contributed by atoms with Crippen molar-refractivity contribution in [2.75, 3.05) is 0 Å². The molecule has 0 radical (unpaired) electrons. The minimum Gasteiger partial charge on any atom is -0.346 e. The lowest BCUT2D eigenvalue weighted by Crippen LogP contribution is -2.35. The maximum atomic E-state index is 14.4. The molecule has 0 unspecified atom stereocenters. The summed E-state index contributed by atoms with van der Waals surface area (Å²) in [5.41, 5.74) is 1.58. The monoisotopic (exact) mass is 620 g/mol. The molecular weight excluding hydrogens is 598 g/mol. The highest BCUT2D eigenvalue weighted by atomic mass is 32.2. The average molecular weight is 621 g/mol. The first-order valence-corrected chi connectivity index (χ1v) is 13.8. The van der Waals surface area contributed by atoms with Crippen LogP contribution in [-0.4, -0.2) is 26.6 Å². The molecule has 2 aromatic heterocycles. The quantitative estimate of drug-likeness (QED) is 0.113. The van der Waals surface area contributed by atoms with E-state index in [2.05, 4.69) is 15.4 Å². The van der Waals surface area contributed by atoms with E-state index in [1.807, 2.05) is 5.43 Å². The highest BCUT2D eigenvalue weighted by molar-refractivity contribution is 7.98. The van der Waals surface area contributed by atoms with Gasteiger partial charge in [0.2, 0.25) is 5.91 Å². The summed E-state index contributed by atoms with van der Waals surface area (Å²) in [6, 6.07) is 8.30. The molecule has 4 N–H and O–H groups in total. The molecule has 43 heavy (non-hydrogen) atoms. The van der Waals surface area contributed by atoms with E-state index in [0.717, 1.165) is 18.2 Å². The highest BCUT2D eigenvalue weighted by Gasteiger charge is 2.41. The van der Waals surface area contributed by atoms with Crippen molar-refractivity contribution >= 4 is 23.6 Å². The Balaban J connectivity index is 1.53. The third-order valence-corrected chi connectivity index (χ3v) is 7.67. The maximum absolute atomic E-state index is 14.4. The summed E-state index contributed by atoms with van der Waals surface area (Å²) in [6.07, 6.45) is -3.60. The minimum absolute atomic E-state index is 0.0257. The normalized spacial score (nSPS) is 13.5. The van der Waals surface area contributed by atoms with Crippen LogP contribution in [0.3, 0.4) is 0 Å². The predicted octanol–water partition coefficient (Wildman–Crippen LogP) is 4.83. The molecule has 4 aromatic rings. The van der Waals surface area contributed by atoms with Gasteiger partial charge in [-0.1, -0.05) is 12.1 Å². The third kappa shape index (κ3) is 6.51. The fraction of sp³-hybridized carbons (Fsp3) is 0.214. The van der Waals surface area contributed by atoms with E-state index in [4.69, 9.17) is 5.84 Å². The Kier molecular flexibility index (Phi) is 8.46. The van der Waals surface area contributed by atoms with Crippen molar-refractivity contribution in [3.05, 3.63) is 106 Å². The summed E-state index contributed by atoms with van der Waals surface area (Å²) in [5.74, 6) is 1.15. The Morgan fingerprint density at radius 3 is 2.49 bits per heavy atom. The first-order valence-electron chi connectivity index (χ1n) is 12.7. The topological polar surface area (TPSA) is 115 Å². The number of pyridine rings is 1. The number of nitrogen functional groups attached to an aromatic ring is 1. The van der Waals surface area contributed by atoms with Gasteiger partial charge < -0.3 is 5.32 Å². The van der Waals surface area contributed by atoms with Crippen LogP contribution >= 0.6 is 11.8 Å². The predicted molar refractivity (Wildman–Crippen MR) is 144 cm³/mol. The molecule has 224 valence electrons. The van der Waals surface area contributed by atoms with Gasteiger partial charge in [-0.15, -0.1) is 0 Å². The van der Waals surface area contributed by atoms with Crippen LogP contribution in [0.4, 0.5) is 26.3 Å². The Morgan fingerprint density at radius 2 is 1.79 bits per heavy atom. The summed E-state index contributed by atoms with van der Waals surface area (Å²) in [5, 5.41) is 6.64. The van der Waals surface area contributed by atoms with Crippen LogP contribution in [0.2, 0.25) is 0 Å². The Labute approximate surface area is 244 Å². The molecule has 0 bridgehead atoms. The van der Waals surface area contributed by atoms with Crippen molar-refractivity contribution in [3.8, 4) is 11.1 Å². The molecule has 1 aliphatic heterocycles. The SMILES string of the molecule is NNC(=O)c1cc(-c2cccnc2[C@H](Cc2cc(F)cc(F)c2)NC(=O)Cn2nc3c(c2C(F)(F)F)CSC3)ccc1F. The molecule has 1 aliphatic rings. The zero-order chi connectivity index (χ0) is 30.9. The number of amides is 2. The largest absolute Gasteiger partial charge is 0.433 e. The first-order chi connectivity index (χ1) is 20.4. The molecule has 1 atom stereocenters. The van der Waals surface area contributed by atoms with E-state index in [1.54, 1.807) is 6.07 Å². The summed E-state index contributed by atoms with van der Waals surface area (Å²) in [4.78, 5) is 29.7. The van der Waals surface area contributed by atoms with Crippen molar-refractivity contribution in [2.45, 2.75) is 36.7 Å².